The summed E-state index contributed by atoms with van der Waals surface area (Å²) in [6, 6.07) is 0. The molecule has 3 heteroatoms. The molecule has 0 amide bonds. The van der Waals surface area contributed by atoms with E-state index in [9.17, 15) is 9.59 Å². The van der Waals surface area contributed by atoms with Gasteiger partial charge in [0.15, 0.2) is 11.6 Å². The molecule has 0 saturated heterocycles. The zero-order valence-electron chi connectivity index (χ0n) is 11.4. The number of carbonyl (C=O) groups excluding carboxylic acids is 2. The molecule has 0 saturated carbocycles. The van der Waals surface area contributed by atoms with Crippen LogP contribution in [0.25, 0.3) is 0 Å². The summed E-state index contributed by atoms with van der Waals surface area (Å²) in [5.74, 6) is 0.207. The van der Waals surface area contributed by atoms with Gasteiger partial charge in [0, 0.05) is 12.3 Å². The molecule has 0 N–H and O–H groups in total. The van der Waals surface area contributed by atoms with E-state index in [1.807, 2.05) is 20.8 Å². The average Bonchev–Trinajstić information content (AvgIpc) is 2.11. The summed E-state index contributed by atoms with van der Waals surface area (Å²) in [7, 11) is -1.70. The smallest absolute Gasteiger partial charge is 0.158 e. The van der Waals surface area contributed by atoms with E-state index >= 15 is 0 Å². The molecule has 16 heavy (non-hydrogen) atoms. The summed E-state index contributed by atoms with van der Waals surface area (Å²) < 4.78 is 0. The van der Waals surface area contributed by atoms with Crippen LogP contribution in [-0.2, 0) is 9.59 Å². The van der Waals surface area contributed by atoms with E-state index in [1.165, 1.54) is 0 Å². The maximum Gasteiger partial charge on any atom is 0.158 e. The number of Topliss-reactive ketones (excluding diaryl/α,β-unsaturated/α-hetero) is 1. The van der Waals surface area contributed by atoms with Crippen LogP contribution in [0.3, 0.4) is 0 Å². The van der Waals surface area contributed by atoms with Crippen LogP contribution in [0.4, 0.5) is 0 Å². The predicted octanol–water partition coefficient (Wildman–Crippen LogP) is 3.38. The highest BCUT2D eigenvalue weighted by atomic mass is 28.3. The first-order valence-electron chi connectivity index (χ1n) is 5.99. The molecule has 2 nitrogen and oxygen atoms in total. The van der Waals surface area contributed by atoms with Crippen LogP contribution in [0.5, 0.6) is 0 Å². The Morgan fingerprint density at radius 2 is 1.69 bits per heavy atom. The zero-order chi connectivity index (χ0) is 12.9. The number of hydrogen-bond acceptors (Lipinski definition) is 2. The van der Waals surface area contributed by atoms with Crippen molar-refractivity contribution in [1.82, 2.24) is 0 Å². The second-order valence-corrected chi connectivity index (χ2v) is 10.6. The standard InChI is InChI=1S/C13H24O2Si/c1-7-8-11(14)13(16(4,5)6)9-12(15)10(2)3/h9-10H,7-8H2,1-6H3. The Kier molecular flexibility index (Phi) is 5.87. The Balaban J connectivity index is 5.11. The highest BCUT2D eigenvalue weighted by molar-refractivity contribution is 6.87. The monoisotopic (exact) mass is 240 g/mol. The first-order valence-corrected chi connectivity index (χ1v) is 9.49. The summed E-state index contributed by atoms with van der Waals surface area (Å²) in [6.45, 7) is 12.1. The van der Waals surface area contributed by atoms with Crippen molar-refractivity contribution >= 4 is 19.6 Å². The zero-order valence-corrected chi connectivity index (χ0v) is 12.4. The lowest BCUT2D eigenvalue weighted by atomic mass is 10.1. The molecule has 0 unspecified atom stereocenters. The minimum absolute atomic E-state index is 0.0271. The molecule has 0 bridgehead atoms. The first kappa shape index (κ1) is 15.3. The molecule has 0 spiro atoms. The van der Waals surface area contributed by atoms with E-state index in [2.05, 4.69) is 19.6 Å². The molecule has 0 aliphatic carbocycles. The largest absolute Gasteiger partial charge is 0.295 e. The third kappa shape index (κ3) is 4.88. The molecule has 0 aliphatic rings. The topological polar surface area (TPSA) is 34.1 Å². The summed E-state index contributed by atoms with van der Waals surface area (Å²) in [4.78, 5) is 23.7. The SMILES string of the molecule is CCCC(=O)C(=CC(=O)C(C)C)[Si](C)(C)C. The minimum Gasteiger partial charge on any atom is -0.295 e. The van der Waals surface area contributed by atoms with Crippen molar-refractivity contribution in [2.45, 2.75) is 53.3 Å². The number of allylic oxidation sites excluding steroid dienone is 2. The van der Waals surface area contributed by atoms with Crippen LogP contribution < -0.4 is 0 Å². The Hall–Kier alpha value is -0.703. The predicted molar refractivity (Wildman–Crippen MR) is 71.2 cm³/mol. The maximum absolute atomic E-state index is 12.0. The Morgan fingerprint density at radius 3 is 2.00 bits per heavy atom. The fraction of sp³-hybridized carbons (Fsp3) is 0.692. The quantitative estimate of drug-likeness (QED) is 0.527. The summed E-state index contributed by atoms with van der Waals surface area (Å²) in [6.07, 6.45) is 3.01. The van der Waals surface area contributed by atoms with Gasteiger partial charge in [-0.2, -0.15) is 0 Å². The van der Waals surface area contributed by atoms with Crippen LogP contribution >= 0.6 is 0 Å². The number of carbonyl (C=O) groups is 2. The molecule has 0 aromatic carbocycles. The van der Waals surface area contributed by atoms with Crippen LogP contribution in [0, 0.1) is 5.92 Å². The van der Waals surface area contributed by atoms with Gasteiger partial charge < -0.3 is 0 Å². The van der Waals surface area contributed by atoms with E-state index < -0.39 is 8.07 Å². The molecule has 0 aromatic heterocycles. The van der Waals surface area contributed by atoms with Crippen LogP contribution in [0.1, 0.15) is 33.6 Å². The molecule has 92 valence electrons. The van der Waals surface area contributed by atoms with E-state index in [1.54, 1.807) is 6.08 Å². The van der Waals surface area contributed by atoms with Crippen molar-refractivity contribution in [3.63, 3.8) is 0 Å². The summed E-state index contributed by atoms with van der Waals surface area (Å²) in [5.41, 5.74) is 0. The molecular formula is C13H24O2Si. The van der Waals surface area contributed by atoms with Crippen LogP contribution in [0.15, 0.2) is 11.3 Å². The Labute approximate surface area is 100 Å². The maximum atomic E-state index is 12.0. The van der Waals surface area contributed by atoms with E-state index in [0.717, 1.165) is 11.6 Å². The van der Waals surface area contributed by atoms with Crippen molar-refractivity contribution in [2.75, 3.05) is 0 Å². The lowest BCUT2D eigenvalue weighted by Crippen LogP contribution is -2.30. The first-order chi connectivity index (χ1) is 7.20. The van der Waals surface area contributed by atoms with Crippen molar-refractivity contribution in [2.24, 2.45) is 5.92 Å². The Morgan fingerprint density at radius 1 is 1.19 bits per heavy atom. The molecule has 0 heterocycles. The molecule has 0 radical (unpaired) electrons. The lowest BCUT2D eigenvalue weighted by molar-refractivity contribution is -0.118. The average molecular weight is 240 g/mol. The van der Waals surface area contributed by atoms with Crippen molar-refractivity contribution in [3.05, 3.63) is 11.3 Å². The molecular weight excluding hydrogens is 216 g/mol. The highest BCUT2D eigenvalue weighted by Gasteiger charge is 2.26. The normalized spacial score (nSPS) is 13.1. The fourth-order valence-electron chi connectivity index (χ4n) is 1.39. The van der Waals surface area contributed by atoms with Crippen LogP contribution in [-0.4, -0.2) is 19.6 Å². The van der Waals surface area contributed by atoms with Crippen molar-refractivity contribution < 1.29 is 9.59 Å². The molecule has 0 aliphatic heterocycles. The second kappa shape index (κ2) is 6.14. The van der Waals surface area contributed by atoms with Gasteiger partial charge in [0.05, 0.1) is 8.07 Å². The van der Waals surface area contributed by atoms with E-state index in [-0.39, 0.29) is 17.5 Å². The van der Waals surface area contributed by atoms with Gasteiger partial charge in [-0.25, -0.2) is 0 Å². The highest BCUT2D eigenvalue weighted by Crippen LogP contribution is 2.18. The molecule has 0 rings (SSSR count). The minimum atomic E-state index is -1.70. The van der Waals surface area contributed by atoms with Gasteiger partial charge in [-0.05, 0) is 17.7 Å². The van der Waals surface area contributed by atoms with Gasteiger partial charge in [-0.15, -0.1) is 0 Å². The summed E-state index contributed by atoms with van der Waals surface area (Å²) in [5, 5.41) is 0.799. The van der Waals surface area contributed by atoms with Gasteiger partial charge in [-0.3, -0.25) is 9.59 Å². The van der Waals surface area contributed by atoms with Gasteiger partial charge >= 0.3 is 0 Å². The summed E-state index contributed by atoms with van der Waals surface area (Å²) >= 11 is 0. The van der Waals surface area contributed by atoms with Gasteiger partial charge in [0.1, 0.15) is 0 Å². The van der Waals surface area contributed by atoms with Crippen molar-refractivity contribution in [3.8, 4) is 0 Å². The van der Waals surface area contributed by atoms with Gasteiger partial charge in [0.25, 0.3) is 0 Å². The molecule has 0 atom stereocenters. The van der Waals surface area contributed by atoms with Crippen LogP contribution in [0.2, 0.25) is 19.6 Å². The van der Waals surface area contributed by atoms with Crippen molar-refractivity contribution in [1.29, 1.82) is 0 Å². The second-order valence-electron chi connectivity index (χ2n) is 5.54. The number of hydrogen-bond donors (Lipinski definition) is 0. The van der Waals surface area contributed by atoms with E-state index in [0.29, 0.717) is 6.42 Å². The van der Waals surface area contributed by atoms with Gasteiger partial charge in [-0.1, -0.05) is 40.4 Å². The number of rotatable bonds is 6. The Bertz CT molecular complexity index is 296. The molecule has 0 aromatic rings. The third-order valence-corrected chi connectivity index (χ3v) is 4.48. The van der Waals surface area contributed by atoms with E-state index in [4.69, 9.17) is 0 Å². The fourth-order valence-corrected chi connectivity index (χ4v) is 2.92. The lowest BCUT2D eigenvalue weighted by Gasteiger charge is -2.20. The number of ketones is 2. The molecule has 0 fully saturated rings. The van der Waals surface area contributed by atoms with Gasteiger partial charge in [0.2, 0.25) is 0 Å². The third-order valence-electron chi connectivity index (χ3n) is 2.44.